The fraction of sp³-hybridized carbons (Fsp3) is 0.481. The van der Waals surface area contributed by atoms with E-state index in [0.717, 1.165) is 82.1 Å². The molecule has 0 bridgehead atoms. The van der Waals surface area contributed by atoms with Gasteiger partial charge in [0.2, 0.25) is 0 Å². The van der Waals surface area contributed by atoms with Crippen LogP contribution in [-0.2, 0) is 20.0 Å². The fourth-order valence-corrected chi connectivity index (χ4v) is 6.32. The van der Waals surface area contributed by atoms with E-state index in [2.05, 4.69) is 52.9 Å². The van der Waals surface area contributed by atoms with Crippen LogP contribution in [0, 0.1) is 13.8 Å². The minimum atomic E-state index is 0.474. The van der Waals surface area contributed by atoms with E-state index in [1.165, 1.54) is 30.4 Å². The van der Waals surface area contributed by atoms with Gasteiger partial charge in [0.1, 0.15) is 16.7 Å². The molecule has 4 aromatic rings. The molecule has 7 rings (SSSR count). The van der Waals surface area contributed by atoms with Gasteiger partial charge in [-0.2, -0.15) is 10.2 Å². The molecule has 8 nitrogen and oxygen atoms in total. The van der Waals surface area contributed by atoms with Gasteiger partial charge in [0.15, 0.2) is 5.82 Å². The number of nitrogens with zero attached hydrogens (tertiary/aromatic N) is 7. The summed E-state index contributed by atoms with van der Waals surface area (Å²) in [7, 11) is 2.01. The minimum absolute atomic E-state index is 0.474. The van der Waals surface area contributed by atoms with Crippen molar-refractivity contribution in [3.8, 4) is 11.4 Å². The summed E-state index contributed by atoms with van der Waals surface area (Å²) < 4.78 is 1.97. The summed E-state index contributed by atoms with van der Waals surface area (Å²) in [5.41, 5.74) is 7.67. The summed E-state index contributed by atoms with van der Waals surface area (Å²) in [6.45, 7) is 9.11. The number of rotatable bonds is 4. The van der Waals surface area contributed by atoms with Gasteiger partial charge in [-0.05, 0) is 51.7 Å². The maximum atomic E-state index is 6.90. The van der Waals surface area contributed by atoms with E-state index in [1.54, 1.807) is 0 Å². The molecule has 186 valence electrons. The van der Waals surface area contributed by atoms with Crippen molar-refractivity contribution in [1.29, 1.82) is 0 Å². The van der Waals surface area contributed by atoms with Crippen molar-refractivity contribution < 1.29 is 0 Å². The SMILES string of the molecule is Cc1ccc2n[nH]c(C)c2c1-c1nc2c(c(N3CC[C@@H]3C)n1)CN(c1c(Cl)c(C3CC3)nn1C)CC2. The van der Waals surface area contributed by atoms with E-state index >= 15 is 0 Å². The molecule has 2 fully saturated rings. The van der Waals surface area contributed by atoms with E-state index in [1.807, 2.05) is 11.7 Å². The zero-order valence-electron chi connectivity index (χ0n) is 21.3. The van der Waals surface area contributed by atoms with Crippen LogP contribution in [0.2, 0.25) is 5.02 Å². The van der Waals surface area contributed by atoms with E-state index in [9.17, 15) is 0 Å². The molecule has 5 heterocycles. The maximum absolute atomic E-state index is 6.90. The van der Waals surface area contributed by atoms with Crippen LogP contribution in [0.5, 0.6) is 0 Å². The Morgan fingerprint density at radius 1 is 1.08 bits per heavy atom. The Labute approximate surface area is 215 Å². The first-order chi connectivity index (χ1) is 17.4. The van der Waals surface area contributed by atoms with Crippen molar-refractivity contribution in [2.75, 3.05) is 22.9 Å². The molecule has 0 radical (unpaired) electrons. The van der Waals surface area contributed by atoms with Crippen molar-refractivity contribution in [1.82, 2.24) is 29.9 Å². The highest BCUT2D eigenvalue weighted by molar-refractivity contribution is 6.33. The van der Waals surface area contributed by atoms with Crippen LogP contribution >= 0.6 is 11.6 Å². The van der Waals surface area contributed by atoms with Crippen LogP contribution < -0.4 is 9.80 Å². The molecular formula is C27H31ClN8. The molecule has 1 aliphatic carbocycles. The lowest BCUT2D eigenvalue weighted by Gasteiger charge is -2.42. The van der Waals surface area contributed by atoms with Gasteiger partial charge in [-0.1, -0.05) is 17.7 Å². The first-order valence-electron chi connectivity index (χ1n) is 13.0. The van der Waals surface area contributed by atoms with E-state index < -0.39 is 0 Å². The Balaban J connectivity index is 1.35. The second-order valence-electron chi connectivity index (χ2n) is 10.7. The molecule has 3 aromatic heterocycles. The molecule has 0 spiro atoms. The summed E-state index contributed by atoms with van der Waals surface area (Å²) in [5, 5.41) is 14.4. The second-order valence-corrected chi connectivity index (χ2v) is 11.1. The topological polar surface area (TPSA) is 78.8 Å². The van der Waals surface area contributed by atoms with Gasteiger partial charge in [-0.3, -0.25) is 9.78 Å². The fourth-order valence-electron chi connectivity index (χ4n) is 5.89. The first-order valence-corrected chi connectivity index (χ1v) is 13.4. The van der Waals surface area contributed by atoms with Crippen LogP contribution in [0.1, 0.15) is 60.3 Å². The second kappa shape index (κ2) is 7.93. The summed E-state index contributed by atoms with van der Waals surface area (Å²) in [4.78, 5) is 15.3. The molecule has 0 unspecified atom stereocenters. The molecule has 1 saturated heterocycles. The number of halogens is 1. The maximum Gasteiger partial charge on any atom is 0.162 e. The zero-order chi connectivity index (χ0) is 24.7. The van der Waals surface area contributed by atoms with Gasteiger partial charge < -0.3 is 9.80 Å². The lowest BCUT2D eigenvalue weighted by atomic mass is 9.98. The number of fused-ring (bicyclic) bond motifs is 2. The van der Waals surface area contributed by atoms with Crippen molar-refractivity contribution in [2.24, 2.45) is 7.05 Å². The molecule has 0 amide bonds. The average molecular weight is 503 g/mol. The summed E-state index contributed by atoms with van der Waals surface area (Å²) in [5.74, 6) is 3.41. The number of anilines is 2. The Morgan fingerprint density at radius 2 is 1.92 bits per heavy atom. The largest absolute Gasteiger partial charge is 0.353 e. The van der Waals surface area contributed by atoms with Gasteiger partial charge in [0, 0.05) is 67.3 Å². The Hall–Kier alpha value is -3.13. The molecule has 2 aliphatic heterocycles. The smallest absolute Gasteiger partial charge is 0.162 e. The number of hydrogen-bond donors (Lipinski definition) is 1. The van der Waals surface area contributed by atoms with Gasteiger partial charge in [-0.15, -0.1) is 0 Å². The van der Waals surface area contributed by atoms with E-state index in [0.29, 0.717) is 12.0 Å². The van der Waals surface area contributed by atoms with Crippen LogP contribution in [0.25, 0.3) is 22.3 Å². The number of benzene rings is 1. The third-order valence-electron chi connectivity index (χ3n) is 8.21. The highest BCUT2D eigenvalue weighted by Crippen LogP contribution is 2.46. The normalized spacial score (nSPS) is 19.6. The van der Waals surface area contributed by atoms with Crippen molar-refractivity contribution in [3.63, 3.8) is 0 Å². The third-order valence-corrected chi connectivity index (χ3v) is 8.58. The molecule has 3 aliphatic rings. The van der Waals surface area contributed by atoms with Crippen LogP contribution in [0.4, 0.5) is 11.6 Å². The van der Waals surface area contributed by atoms with Crippen LogP contribution in [-0.4, -0.2) is 49.1 Å². The highest BCUT2D eigenvalue weighted by Gasteiger charge is 2.36. The van der Waals surface area contributed by atoms with Crippen molar-refractivity contribution in [2.45, 2.75) is 65.0 Å². The number of H-pyrrole nitrogens is 1. The average Bonchev–Trinajstić information content (AvgIpc) is 3.57. The van der Waals surface area contributed by atoms with E-state index in [4.69, 9.17) is 26.7 Å². The lowest BCUT2D eigenvalue weighted by molar-refractivity contribution is 0.472. The molecule has 1 N–H and O–H groups in total. The lowest BCUT2D eigenvalue weighted by Crippen LogP contribution is -2.47. The van der Waals surface area contributed by atoms with Gasteiger partial charge in [0.25, 0.3) is 0 Å². The number of aromatic amines is 1. The van der Waals surface area contributed by atoms with Gasteiger partial charge in [0.05, 0.1) is 16.9 Å². The zero-order valence-corrected chi connectivity index (χ0v) is 22.0. The van der Waals surface area contributed by atoms with Crippen LogP contribution in [0.3, 0.4) is 0 Å². The number of aromatic nitrogens is 6. The summed E-state index contributed by atoms with van der Waals surface area (Å²) in [6, 6.07) is 4.66. The highest BCUT2D eigenvalue weighted by atomic mass is 35.5. The predicted molar refractivity (Wildman–Crippen MR) is 143 cm³/mol. The van der Waals surface area contributed by atoms with Gasteiger partial charge >= 0.3 is 0 Å². The molecule has 36 heavy (non-hydrogen) atoms. The number of hydrogen-bond acceptors (Lipinski definition) is 6. The Morgan fingerprint density at radius 3 is 2.64 bits per heavy atom. The van der Waals surface area contributed by atoms with Gasteiger partial charge in [-0.25, -0.2) is 9.97 Å². The standard InChI is InChI=1S/C27H31ClN8/c1-14-5-8-20-22(16(3)31-32-20)21(14)25-29-19-10-11-35(13-18(19)26(30-25)36-12-9-15(36)2)27-23(28)24(17-6-7-17)33-34(27)4/h5,8,15,17H,6-7,9-13H2,1-4H3,(H,31,32)/t15-/m0/s1. The molecule has 1 atom stereocenters. The predicted octanol–water partition coefficient (Wildman–Crippen LogP) is 5.06. The summed E-state index contributed by atoms with van der Waals surface area (Å²) >= 11 is 6.90. The molecule has 1 aromatic carbocycles. The van der Waals surface area contributed by atoms with Crippen molar-refractivity contribution >= 4 is 34.1 Å². The minimum Gasteiger partial charge on any atom is -0.353 e. The first kappa shape index (κ1) is 22.1. The summed E-state index contributed by atoms with van der Waals surface area (Å²) in [6.07, 6.45) is 4.41. The van der Waals surface area contributed by atoms with Crippen LogP contribution in [0.15, 0.2) is 12.1 Å². The third kappa shape index (κ3) is 3.26. The Bertz CT molecular complexity index is 1510. The van der Waals surface area contributed by atoms with Crippen molar-refractivity contribution in [3.05, 3.63) is 45.4 Å². The quantitative estimate of drug-likeness (QED) is 0.420. The number of aryl methyl sites for hydroxylation is 3. The monoisotopic (exact) mass is 502 g/mol. The molecule has 9 heteroatoms. The molecular weight excluding hydrogens is 472 g/mol. The number of nitrogens with one attached hydrogen (secondary N) is 1. The Kier molecular flexibility index (Phi) is 4.87. The molecule has 1 saturated carbocycles. The van der Waals surface area contributed by atoms with E-state index in [-0.39, 0.29) is 0 Å².